The summed E-state index contributed by atoms with van der Waals surface area (Å²) in [5.74, 6) is 0. The van der Waals surface area contributed by atoms with E-state index in [1.165, 1.54) is 0 Å². The minimum Gasteiger partial charge on any atom is -0.298 e. The van der Waals surface area contributed by atoms with Crippen LogP contribution < -0.4 is 0 Å². The first-order chi connectivity index (χ1) is 5.27. The molecule has 0 heterocycles. The quantitative estimate of drug-likeness (QED) is 0.567. The van der Waals surface area contributed by atoms with Crippen LogP contribution in [0.1, 0.15) is 15.9 Å². The Balaban J connectivity index is 3.09. The Hall–Kier alpha value is -0.340. The van der Waals surface area contributed by atoms with E-state index >= 15 is 0 Å². The first-order valence-corrected chi connectivity index (χ1v) is 4.57. The van der Waals surface area contributed by atoms with Crippen LogP contribution in [0.5, 0.6) is 0 Å². The monoisotopic (exact) mass is 232 g/mol. The van der Waals surface area contributed by atoms with E-state index in [2.05, 4.69) is 15.9 Å². The Bertz CT molecular complexity index is 273. The number of aldehydes is 1. The predicted molar refractivity (Wildman–Crippen MR) is 49.5 cm³/mol. The van der Waals surface area contributed by atoms with Crippen molar-refractivity contribution in [2.45, 2.75) is 5.33 Å². The molecule has 1 rings (SSSR count). The third-order valence-corrected chi connectivity index (χ3v) is 2.32. The van der Waals surface area contributed by atoms with E-state index in [0.29, 0.717) is 10.6 Å². The number of rotatable bonds is 2. The van der Waals surface area contributed by atoms with Gasteiger partial charge in [-0.2, -0.15) is 0 Å². The van der Waals surface area contributed by atoms with Crippen molar-refractivity contribution >= 4 is 33.8 Å². The zero-order valence-corrected chi connectivity index (χ0v) is 8.02. The lowest BCUT2D eigenvalue weighted by Crippen LogP contribution is -1.83. The number of halogens is 2. The van der Waals surface area contributed by atoms with Crippen LogP contribution >= 0.6 is 27.5 Å². The Morgan fingerprint density at radius 2 is 2.27 bits per heavy atom. The minimum absolute atomic E-state index is 0.511. The molecule has 0 unspecified atom stereocenters. The van der Waals surface area contributed by atoms with Crippen LogP contribution in [0.3, 0.4) is 0 Å². The molecule has 0 amide bonds. The van der Waals surface area contributed by atoms with Crippen LogP contribution in [0, 0.1) is 0 Å². The molecule has 0 saturated heterocycles. The molecule has 1 aromatic carbocycles. The molecule has 0 aliphatic rings. The maximum absolute atomic E-state index is 10.3. The van der Waals surface area contributed by atoms with Gasteiger partial charge in [-0.3, -0.25) is 4.79 Å². The van der Waals surface area contributed by atoms with Crippen LogP contribution in [-0.2, 0) is 5.33 Å². The molecular weight excluding hydrogens is 227 g/mol. The van der Waals surface area contributed by atoms with Crippen LogP contribution in [0.25, 0.3) is 0 Å². The van der Waals surface area contributed by atoms with E-state index in [1.54, 1.807) is 12.1 Å². The van der Waals surface area contributed by atoms with Gasteiger partial charge in [-0.25, -0.2) is 0 Å². The number of hydrogen-bond donors (Lipinski definition) is 0. The number of carbonyl (C=O) groups excluding carboxylic acids is 1. The molecule has 0 bridgehead atoms. The summed E-state index contributed by atoms with van der Waals surface area (Å²) in [4.78, 5) is 10.3. The van der Waals surface area contributed by atoms with E-state index in [-0.39, 0.29) is 0 Å². The van der Waals surface area contributed by atoms with Crippen LogP contribution in [-0.4, -0.2) is 6.29 Å². The second-order valence-electron chi connectivity index (χ2n) is 2.11. The van der Waals surface area contributed by atoms with Crippen molar-refractivity contribution in [2.24, 2.45) is 0 Å². The largest absolute Gasteiger partial charge is 0.298 e. The molecule has 0 fully saturated rings. The fourth-order valence-electron chi connectivity index (χ4n) is 0.749. The summed E-state index contributed by atoms with van der Waals surface area (Å²) in [7, 11) is 0. The molecule has 0 aliphatic carbocycles. The van der Waals surface area contributed by atoms with E-state index in [0.717, 1.165) is 17.2 Å². The van der Waals surface area contributed by atoms with Crippen molar-refractivity contribution in [3.8, 4) is 0 Å². The molecule has 1 aromatic rings. The SMILES string of the molecule is O=Cc1ccc(CBr)cc1Cl. The predicted octanol–water partition coefficient (Wildman–Crippen LogP) is 3.05. The topological polar surface area (TPSA) is 17.1 Å². The van der Waals surface area contributed by atoms with Crippen molar-refractivity contribution in [1.29, 1.82) is 0 Å². The summed E-state index contributed by atoms with van der Waals surface area (Å²) in [5.41, 5.74) is 1.61. The summed E-state index contributed by atoms with van der Waals surface area (Å²) in [6.07, 6.45) is 0.750. The average Bonchev–Trinajstić information content (AvgIpc) is 2.04. The molecular formula is C8H6BrClO. The van der Waals surface area contributed by atoms with Gasteiger partial charge >= 0.3 is 0 Å². The van der Waals surface area contributed by atoms with E-state index in [9.17, 15) is 4.79 Å². The molecule has 0 aliphatic heterocycles. The molecule has 0 radical (unpaired) electrons. The standard InChI is InChI=1S/C8H6BrClO/c9-4-6-1-2-7(5-11)8(10)3-6/h1-3,5H,4H2. The lowest BCUT2D eigenvalue weighted by atomic mass is 10.2. The Morgan fingerprint density at radius 1 is 1.55 bits per heavy atom. The maximum Gasteiger partial charge on any atom is 0.151 e. The van der Waals surface area contributed by atoms with Crippen molar-refractivity contribution < 1.29 is 4.79 Å². The summed E-state index contributed by atoms with van der Waals surface area (Å²) >= 11 is 9.05. The van der Waals surface area contributed by atoms with Crippen LogP contribution in [0.15, 0.2) is 18.2 Å². The Morgan fingerprint density at radius 3 is 2.73 bits per heavy atom. The van der Waals surface area contributed by atoms with Crippen molar-refractivity contribution in [1.82, 2.24) is 0 Å². The highest BCUT2D eigenvalue weighted by Gasteiger charge is 1.98. The Kier molecular flexibility index (Phi) is 3.09. The lowest BCUT2D eigenvalue weighted by Gasteiger charge is -1.97. The Labute approximate surface area is 78.5 Å². The third-order valence-electron chi connectivity index (χ3n) is 1.35. The smallest absolute Gasteiger partial charge is 0.151 e. The number of benzene rings is 1. The third kappa shape index (κ3) is 2.04. The molecule has 1 nitrogen and oxygen atoms in total. The fraction of sp³-hybridized carbons (Fsp3) is 0.125. The van der Waals surface area contributed by atoms with Gasteiger partial charge in [0.05, 0.1) is 5.02 Å². The number of alkyl halides is 1. The number of carbonyl (C=O) groups is 1. The van der Waals surface area contributed by atoms with Gasteiger partial charge < -0.3 is 0 Å². The first kappa shape index (κ1) is 8.75. The highest BCUT2D eigenvalue weighted by molar-refractivity contribution is 9.08. The van der Waals surface area contributed by atoms with Crippen molar-refractivity contribution in [3.63, 3.8) is 0 Å². The van der Waals surface area contributed by atoms with Gasteiger partial charge in [0.15, 0.2) is 6.29 Å². The van der Waals surface area contributed by atoms with Crippen LogP contribution in [0.4, 0.5) is 0 Å². The lowest BCUT2D eigenvalue weighted by molar-refractivity contribution is 0.112. The first-order valence-electron chi connectivity index (χ1n) is 3.07. The normalized spacial score (nSPS) is 9.64. The van der Waals surface area contributed by atoms with E-state index in [4.69, 9.17) is 11.6 Å². The summed E-state index contributed by atoms with van der Waals surface area (Å²) < 4.78 is 0. The van der Waals surface area contributed by atoms with Gasteiger partial charge in [0, 0.05) is 10.9 Å². The molecule has 0 N–H and O–H groups in total. The summed E-state index contributed by atoms with van der Waals surface area (Å²) in [6.45, 7) is 0. The zero-order chi connectivity index (χ0) is 8.27. The minimum atomic E-state index is 0.511. The van der Waals surface area contributed by atoms with E-state index < -0.39 is 0 Å². The maximum atomic E-state index is 10.3. The molecule has 0 aromatic heterocycles. The van der Waals surface area contributed by atoms with Gasteiger partial charge in [-0.15, -0.1) is 0 Å². The highest BCUT2D eigenvalue weighted by atomic mass is 79.9. The average molecular weight is 233 g/mol. The van der Waals surface area contributed by atoms with Gasteiger partial charge in [-0.05, 0) is 17.7 Å². The van der Waals surface area contributed by atoms with Gasteiger partial charge in [0.2, 0.25) is 0 Å². The molecule has 0 spiro atoms. The fourth-order valence-corrected chi connectivity index (χ4v) is 1.35. The zero-order valence-electron chi connectivity index (χ0n) is 5.68. The van der Waals surface area contributed by atoms with Gasteiger partial charge in [0.25, 0.3) is 0 Å². The second-order valence-corrected chi connectivity index (χ2v) is 3.08. The highest BCUT2D eigenvalue weighted by Crippen LogP contribution is 2.17. The molecule has 11 heavy (non-hydrogen) atoms. The van der Waals surface area contributed by atoms with Crippen molar-refractivity contribution in [2.75, 3.05) is 0 Å². The van der Waals surface area contributed by atoms with Gasteiger partial charge in [-0.1, -0.05) is 33.6 Å². The molecule has 3 heteroatoms. The van der Waals surface area contributed by atoms with E-state index in [1.807, 2.05) is 6.07 Å². The van der Waals surface area contributed by atoms with Crippen LogP contribution in [0.2, 0.25) is 5.02 Å². The number of hydrogen-bond acceptors (Lipinski definition) is 1. The summed E-state index contributed by atoms with van der Waals surface area (Å²) in [5, 5.41) is 1.27. The molecule has 0 saturated carbocycles. The van der Waals surface area contributed by atoms with Crippen molar-refractivity contribution in [3.05, 3.63) is 34.3 Å². The molecule has 0 atom stereocenters. The second kappa shape index (κ2) is 3.88. The van der Waals surface area contributed by atoms with Gasteiger partial charge in [0.1, 0.15) is 0 Å². The molecule has 58 valence electrons. The summed E-state index contributed by atoms with van der Waals surface area (Å²) in [6, 6.07) is 5.36.